The second-order valence-electron chi connectivity index (χ2n) is 11.1. The lowest BCUT2D eigenvalue weighted by Crippen LogP contribution is -1.98. The molecule has 0 atom stereocenters. The largest absolute Gasteiger partial charge is 0.455 e. The van der Waals surface area contributed by atoms with Gasteiger partial charge in [0.1, 0.15) is 17.7 Å². The minimum absolute atomic E-state index is 0.789. The Morgan fingerprint density at radius 2 is 1.18 bits per heavy atom. The summed E-state index contributed by atoms with van der Waals surface area (Å²) in [5.41, 5.74) is 9.42. The molecule has 45 heavy (non-hydrogen) atoms. The molecular formula is C40H26N4O. The summed E-state index contributed by atoms with van der Waals surface area (Å²) in [5.74, 6) is 1.67. The van der Waals surface area contributed by atoms with Crippen molar-refractivity contribution in [3.63, 3.8) is 0 Å². The molecule has 0 bridgehead atoms. The van der Waals surface area contributed by atoms with Crippen molar-refractivity contribution in [3.05, 3.63) is 158 Å². The molecule has 0 radical (unpaired) electrons. The summed E-state index contributed by atoms with van der Waals surface area (Å²) in [5, 5.41) is 12.1. The van der Waals surface area contributed by atoms with Crippen molar-refractivity contribution in [3.8, 4) is 45.2 Å². The molecule has 3 aromatic heterocycles. The fraction of sp³-hybridized carbons (Fsp3) is 0. The van der Waals surface area contributed by atoms with E-state index in [0.717, 1.165) is 78.0 Å². The lowest BCUT2D eigenvalue weighted by molar-refractivity contribution is 0.636. The molecule has 9 rings (SSSR count). The van der Waals surface area contributed by atoms with Crippen LogP contribution < -0.4 is 0 Å². The SMILES string of the molecule is c1ccc(-c2oc3c(ccc4c3c3ccccc3n4-c3cccc(-c4nncn4-c4ccccc4)c3)c2-c2ccccc2)cc1. The van der Waals surface area contributed by atoms with Gasteiger partial charge in [-0.3, -0.25) is 4.57 Å². The van der Waals surface area contributed by atoms with Gasteiger partial charge in [-0.25, -0.2) is 0 Å². The minimum Gasteiger partial charge on any atom is -0.455 e. The average Bonchev–Trinajstić information content (AvgIpc) is 3.84. The number of nitrogens with zero attached hydrogens (tertiary/aromatic N) is 4. The number of hydrogen-bond donors (Lipinski definition) is 0. The Balaban J connectivity index is 1.31. The number of aromatic nitrogens is 4. The third-order valence-corrected chi connectivity index (χ3v) is 8.53. The van der Waals surface area contributed by atoms with Gasteiger partial charge in [0.05, 0.1) is 16.4 Å². The normalized spacial score (nSPS) is 11.6. The van der Waals surface area contributed by atoms with Crippen LogP contribution in [0.2, 0.25) is 0 Å². The maximum absolute atomic E-state index is 6.92. The highest BCUT2D eigenvalue weighted by molar-refractivity contribution is 6.22. The molecule has 0 fully saturated rings. The van der Waals surface area contributed by atoms with Crippen LogP contribution in [0.4, 0.5) is 0 Å². The zero-order chi connectivity index (χ0) is 29.7. The van der Waals surface area contributed by atoms with Crippen LogP contribution in [0.25, 0.3) is 78.0 Å². The number of hydrogen-bond acceptors (Lipinski definition) is 3. The molecule has 0 aliphatic heterocycles. The van der Waals surface area contributed by atoms with Crippen molar-refractivity contribution < 1.29 is 4.42 Å². The standard InChI is InChI=1S/C40H26N4O/c1-4-13-27(14-5-1)36-33-23-24-35-37(39(33)45-38(36)28-15-6-2-7-16-28)32-21-10-11-22-34(32)44(35)31-20-12-17-29(25-31)40-42-41-26-43(40)30-18-8-3-9-19-30/h1-26H. The van der Waals surface area contributed by atoms with Gasteiger partial charge in [0.25, 0.3) is 0 Å². The first-order valence-electron chi connectivity index (χ1n) is 15.0. The zero-order valence-corrected chi connectivity index (χ0v) is 24.2. The second kappa shape index (κ2) is 10.2. The first kappa shape index (κ1) is 25.3. The van der Waals surface area contributed by atoms with E-state index in [9.17, 15) is 0 Å². The lowest BCUT2D eigenvalue weighted by Gasteiger charge is -2.11. The van der Waals surface area contributed by atoms with Gasteiger partial charge >= 0.3 is 0 Å². The van der Waals surface area contributed by atoms with Gasteiger partial charge in [-0.05, 0) is 48.0 Å². The molecule has 5 heteroatoms. The van der Waals surface area contributed by atoms with E-state index in [1.807, 2.05) is 28.8 Å². The van der Waals surface area contributed by atoms with Crippen molar-refractivity contribution in [2.75, 3.05) is 0 Å². The number of furan rings is 1. The molecule has 6 aromatic carbocycles. The Labute approximate surface area is 259 Å². The maximum atomic E-state index is 6.92. The smallest absolute Gasteiger partial charge is 0.168 e. The molecule has 3 heterocycles. The van der Waals surface area contributed by atoms with Gasteiger partial charge in [0, 0.05) is 38.8 Å². The highest BCUT2D eigenvalue weighted by Crippen LogP contribution is 2.46. The van der Waals surface area contributed by atoms with Crippen LogP contribution in [-0.2, 0) is 0 Å². The summed E-state index contributed by atoms with van der Waals surface area (Å²) < 4.78 is 11.3. The number of fused-ring (bicyclic) bond motifs is 5. The van der Waals surface area contributed by atoms with E-state index in [4.69, 9.17) is 4.42 Å². The predicted molar refractivity (Wildman–Crippen MR) is 182 cm³/mol. The summed E-state index contributed by atoms with van der Waals surface area (Å²) >= 11 is 0. The van der Waals surface area contributed by atoms with Crippen molar-refractivity contribution in [1.29, 1.82) is 0 Å². The van der Waals surface area contributed by atoms with E-state index in [1.165, 1.54) is 0 Å². The Kier molecular flexibility index (Phi) is 5.74. The molecule has 0 unspecified atom stereocenters. The molecule has 5 nitrogen and oxygen atoms in total. The zero-order valence-electron chi connectivity index (χ0n) is 24.2. The van der Waals surface area contributed by atoms with Crippen LogP contribution in [0.5, 0.6) is 0 Å². The van der Waals surface area contributed by atoms with Crippen LogP contribution in [0.3, 0.4) is 0 Å². The average molecular weight is 579 g/mol. The molecule has 0 amide bonds. The number of para-hydroxylation sites is 2. The molecule has 0 aliphatic rings. The topological polar surface area (TPSA) is 48.8 Å². The van der Waals surface area contributed by atoms with E-state index in [1.54, 1.807) is 6.33 Å². The van der Waals surface area contributed by atoms with E-state index >= 15 is 0 Å². The van der Waals surface area contributed by atoms with E-state index < -0.39 is 0 Å². The van der Waals surface area contributed by atoms with Gasteiger partial charge in [-0.2, -0.15) is 0 Å². The first-order chi connectivity index (χ1) is 22.3. The predicted octanol–water partition coefficient (Wildman–Crippen LogP) is 10.1. The monoisotopic (exact) mass is 578 g/mol. The van der Waals surface area contributed by atoms with Crippen molar-refractivity contribution in [2.24, 2.45) is 0 Å². The van der Waals surface area contributed by atoms with Gasteiger partial charge < -0.3 is 8.98 Å². The minimum atomic E-state index is 0.789. The van der Waals surface area contributed by atoms with Crippen LogP contribution in [0, 0.1) is 0 Å². The van der Waals surface area contributed by atoms with Crippen molar-refractivity contribution >= 4 is 32.8 Å². The molecular weight excluding hydrogens is 552 g/mol. The van der Waals surface area contributed by atoms with Crippen LogP contribution in [-0.4, -0.2) is 19.3 Å². The first-order valence-corrected chi connectivity index (χ1v) is 15.0. The molecule has 0 saturated heterocycles. The summed E-state index contributed by atoms with van der Waals surface area (Å²) in [7, 11) is 0. The summed E-state index contributed by atoms with van der Waals surface area (Å²) in [4.78, 5) is 0. The quantitative estimate of drug-likeness (QED) is 0.204. The van der Waals surface area contributed by atoms with Gasteiger partial charge in [-0.15, -0.1) is 10.2 Å². The maximum Gasteiger partial charge on any atom is 0.168 e. The van der Waals surface area contributed by atoms with Crippen LogP contribution in [0.1, 0.15) is 0 Å². The molecule has 0 N–H and O–H groups in total. The van der Waals surface area contributed by atoms with Gasteiger partial charge in [0.15, 0.2) is 5.82 Å². The van der Waals surface area contributed by atoms with E-state index in [2.05, 4.69) is 142 Å². The lowest BCUT2D eigenvalue weighted by atomic mass is 9.98. The van der Waals surface area contributed by atoms with E-state index in [0.29, 0.717) is 0 Å². The van der Waals surface area contributed by atoms with Crippen LogP contribution in [0.15, 0.2) is 162 Å². The molecule has 212 valence electrons. The summed E-state index contributed by atoms with van der Waals surface area (Å²) in [6.45, 7) is 0. The highest BCUT2D eigenvalue weighted by atomic mass is 16.3. The van der Waals surface area contributed by atoms with Gasteiger partial charge in [0.2, 0.25) is 0 Å². The summed E-state index contributed by atoms with van der Waals surface area (Å²) in [6, 6.07) is 52.6. The Morgan fingerprint density at radius 1 is 0.511 bits per heavy atom. The third-order valence-electron chi connectivity index (χ3n) is 8.53. The van der Waals surface area contributed by atoms with E-state index in [-0.39, 0.29) is 0 Å². The summed E-state index contributed by atoms with van der Waals surface area (Å²) in [6.07, 6.45) is 1.76. The Hall–Kier alpha value is -6.20. The van der Waals surface area contributed by atoms with Crippen molar-refractivity contribution in [2.45, 2.75) is 0 Å². The fourth-order valence-electron chi connectivity index (χ4n) is 6.56. The molecule has 0 saturated carbocycles. The number of rotatable bonds is 5. The molecule has 0 aliphatic carbocycles. The highest BCUT2D eigenvalue weighted by Gasteiger charge is 2.23. The molecule has 9 aromatic rings. The second-order valence-corrected chi connectivity index (χ2v) is 11.1. The van der Waals surface area contributed by atoms with Crippen LogP contribution >= 0.6 is 0 Å². The van der Waals surface area contributed by atoms with Crippen molar-refractivity contribution in [1.82, 2.24) is 19.3 Å². The molecule has 0 spiro atoms. The van der Waals surface area contributed by atoms with Gasteiger partial charge in [-0.1, -0.05) is 109 Å². The number of benzene rings is 6. The third kappa shape index (κ3) is 4.02. The fourth-order valence-corrected chi connectivity index (χ4v) is 6.56. The Bertz CT molecular complexity index is 2470. The Morgan fingerprint density at radius 3 is 1.98 bits per heavy atom.